The molecule has 88 valence electrons. The SMILES string of the molecule is CCCC(=O)NC[C@@H](C)NC(=O)CCC. The highest BCUT2D eigenvalue weighted by Gasteiger charge is 2.07. The standard InChI is InChI=1S/C11H22N2O2/c1-4-6-10(14)12-8-9(3)13-11(15)7-5-2/h9H,4-8H2,1-3H3,(H,12,14)(H,13,15)/t9-/m1/s1. The zero-order valence-corrected chi connectivity index (χ0v) is 9.93. The Kier molecular flexibility index (Phi) is 7.68. The second kappa shape index (κ2) is 8.26. The Hall–Kier alpha value is -1.06. The summed E-state index contributed by atoms with van der Waals surface area (Å²) in [6.07, 6.45) is 2.80. The Morgan fingerprint density at radius 2 is 1.60 bits per heavy atom. The average Bonchev–Trinajstić information content (AvgIpc) is 2.15. The van der Waals surface area contributed by atoms with Crippen LogP contribution in [0.5, 0.6) is 0 Å². The Balaban J connectivity index is 3.60. The zero-order chi connectivity index (χ0) is 11.7. The van der Waals surface area contributed by atoms with Crippen molar-refractivity contribution in [3.05, 3.63) is 0 Å². The van der Waals surface area contributed by atoms with Gasteiger partial charge in [0.25, 0.3) is 0 Å². The zero-order valence-electron chi connectivity index (χ0n) is 9.93. The van der Waals surface area contributed by atoms with E-state index in [9.17, 15) is 9.59 Å². The summed E-state index contributed by atoms with van der Waals surface area (Å²) in [6.45, 7) is 6.33. The van der Waals surface area contributed by atoms with Crippen molar-refractivity contribution in [2.24, 2.45) is 0 Å². The summed E-state index contributed by atoms with van der Waals surface area (Å²) in [5.41, 5.74) is 0. The van der Waals surface area contributed by atoms with Crippen molar-refractivity contribution in [3.63, 3.8) is 0 Å². The van der Waals surface area contributed by atoms with Gasteiger partial charge in [0, 0.05) is 25.4 Å². The minimum absolute atomic E-state index is 0.00450. The van der Waals surface area contributed by atoms with E-state index < -0.39 is 0 Å². The van der Waals surface area contributed by atoms with Crippen LogP contribution >= 0.6 is 0 Å². The van der Waals surface area contributed by atoms with Gasteiger partial charge < -0.3 is 10.6 Å². The molecule has 0 unspecified atom stereocenters. The largest absolute Gasteiger partial charge is 0.354 e. The molecule has 0 rings (SSSR count). The third-order valence-corrected chi connectivity index (χ3v) is 1.97. The summed E-state index contributed by atoms with van der Waals surface area (Å²) in [5.74, 6) is 0.101. The maximum absolute atomic E-state index is 11.2. The van der Waals surface area contributed by atoms with Gasteiger partial charge in [0.05, 0.1) is 0 Å². The molecule has 1 atom stereocenters. The van der Waals surface area contributed by atoms with Crippen LogP contribution in [-0.4, -0.2) is 24.4 Å². The second-order valence-electron chi connectivity index (χ2n) is 3.77. The molecular weight excluding hydrogens is 192 g/mol. The maximum atomic E-state index is 11.2. The molecule has 0 aromatic heterocycles. The van der Waals surface area contributed by atoms with Gasteiger partial charge in [0.1, 0.15) is 0 Å². The van der Waals surface area contributed by atoms with E-state index in [4.69, 9.17) is 0 Å². The third kappa shape index (κ3) is 7.97. The molecule has 4 nitrogen and oxygen atoms in total. The molecule has 0 radical (unpaired) electrons. The Bertz CT molecular complexity index is 205. The van der Waals surface area contributed by atoms with Crippen LogP contribution in [0.1, 0.15) is 46.5 Å². The fraction of sp³-hybridized carbons (Fsp3) is 0.818. The minimum Gasteiger partial charge on any atom is -0.354 e. The van der Waals surface area contributed by atoms with Crippen LogP contribution in [0, 0.1) is 0 Å². The summed E-state index contributed by atoms with van der Waals surface area (Å²) in [5, 5.41) is 5.60. The molecule has 0 aromatic rings. The number of hydrogen-bond donors (Lipinski definition) is 2. The van der Waals surface area contributed by atoms with Gasteiger partial charge in [0.2, 0.25) is 11.8 Å². The highest BCUT2D eigenvalue weighted by atomic mass is 16.2. The quantitative estimate of drug-likeness (QED) is 0.669. The lowest BCUT2D eigenvalue weighted by Gasteiger charge is -2.14. The van der Waals surface area contributed by atoms with E-state index >= 15 is 0 Å². The van der Waals surface area contributed by atoms with Crippen molar-refractivity contribution in [2.45, 2.75) is 52.5 Å². The van der Waals surface area contributed by atoms with Crippen LogP contribution in [0.3, 0.4) is 0 Å². The molecule has 0 aromatic carbocycles. The van der Waals surface area contributed by atoms with Crippen molar-refractivity contribution >= 4 is 11.8 Å². The number of rotatable bonds is 7. The van der Waals surface area contributed by atoms with Crippen LogP contribution in [0.15, 0.2) is 0 Å². The molecule has 0 saturated carbocycles. The van der Waals surface area contributed by atoms with Crippen molar-refractivity contribution < 1.29 is 9.59 Å². The highest BCUT2D eigenvalue weighted by molar-refractivity contribution is 5.77. The highest BCUT2D eigenvalue weighted by Crippen LogP contribution is 1.89. The summed E-state index contributed by atoms with van der Waals surface area (Å²) in [4.78, 5) is 22.3. The van der Waals surface area contributed by atoms with Crippen LogP contribution in [-0.2, 0) is 9.59 Å². The molecule has 0 fully saturated rings. The average molecular weight is 214 g/mol. The first kappa shape index (κ1) is 13.9. The maximum Gasteiger partial charge on any atom is 0.220 e. The predicted octanol–water partition coefficient (Wildman–Crippen LogP) is 1.21. The van der Waals surface area contributed by atoms with E-state index in [-0.39, 0.29) is 17.9 Å². The number of amides is 2. The fourth-order valence-electron chi connectivity index (χ4n) is 1.21. The van der Waals surface area contributed by atoms with Crippen LogP contribution in [0.2, 0.25) is 0 Å². The van der Waals surface area contributed by atoms with E-state index in [1.165, 1.54) is 0 Å². The number of carbonyl (C=O) groups is 2. The lowest BCUT2D eigenvalue weighted by Crippen LogP contribution is -2.41. The molecular formula is C11H22N2O2. The smallest absolute Gasteiger partial charge is 0.220 e. The number of hydrogen-bond acceptors (Lipinski definition) is 2. The molecule has 4 heteroatoms. The van der Waals surface area contributed by atoms with Crippen LogP contribution < -0.4 is 10.6 Å². The van der Waals surface area contributed by atoms with Gasteiger partial charge >= 0.3 is 0 Å². The first-order valence-corrected chi connectivity index (χ1v) is 5.66. The Morgan fingerprint density at radius 1 is 1.07 bits per heavy atom. The van der Waals surface area contributed by atoms with Gasteiger partial charge in [-0.1, -0.05) is 13.8 Å². The number of carbonyl (C=O) groups excluding carboxylic acids is 2. The molecule has 2 amide bonds. The fourth-order valence-corrected chi connectivity index (χ4v) is 1.21. The van der Waals surface area contributed by atoms with Gasteiger partial charge in [-0.3, -0.25) is 9.59 Å². The predicted molar refractivity (Wildman–Crippen MR) is 60.4 cm³/mol. The lowest BCUT2D eigenvalue weighted by atomic mass is 10.2. The molecule has 0 heterocycles. The summed E-state index contributed by atoms with van der Waals surface area (Å²) < 4.78 is 0. The van der Waals surface area contributed by atoms with Crippen LogP contribution in [0.4, 0.5) is 0 Å². The molecule has 0 aliphatic heterocycles. The molecule has 0 spiro atoms. The van der Waals surface area contributed by atoms with Gasteiger partial charge in [0.15, 0.2) is 0 Å². The molecule has 2 N–H and O–H groups in total. The third-order valence-electron chi connectivity index (χ3n) is 1.97. The van der Waals surface area contributed by atoms with Crippen molar-refractivity contribution in [1.82, 2.24) is 10.6 Å². The van der Waals surface area contributed by atoms with Gasteiger partial charge in [-0.05, 0) is 19.8 Å². The van der Waals surface area contributed by atoms with E-state index in [2.05, 4.69) is 10.6 Å². The molecule has 0 aliphatic rings. The van der Waals surface area contributed by atoms with Crippen molar-refractivity contribution in [2.75, 3.05) is 6.54 Å². The minimum atomic E-state index is 0.00450. The first-order chi connectivity index (χ1) is 7.10. The van der Waals surface area contributed by atoms with E-state index in [0.29, 0.717) is 19.4 Å². The summed E-state index contributed by atoms with van der Waals surface area (Å²) in [6, 6.07) is 0.00450. The molecule has 0 saturated heterocycles. The van der Waals surface area contributed by atoms with Crippen molar-refractivity contribution in [1.29, 1.82) is 0 Å². The lowest BCUT2D eigenvalue weighted by molar-refractivity contribution is -0.123. The number of nitrogens with one attached hydrogen (secondary N) is 2. The topological polar surface area (TPSA) is 58.2 Å². The summed E-state index contributed by atoms with van der Waals surface area (Å²) in [7, 11) is 0. The van der Waals surface area contributed by atoms with Crippen molar-refractivity contribution in [3.8, 4) is 0 Å². The van der Waals surface area contributed by atoms with Gasteiger partial charge in [-0.25, -0.2) is 0 Å². The van der Waals surface area contributed by atoms with Crippen LogP contribution in [0.25, 0.3) is 0 Å². The van der Waals surface area contributed by atoms with Gasteiger partial charge in [-0.15, -0.1) is 0 Å². The Labute approximate surface area is 91.8 Å². The monoisotopic (exact) mass is 214 g/mol. The second-order valence-corrected chi connectivity index (χ2v) is 3.77. The normalized spacial score (nSPS) is 11.9. The van der Waals surface area contributed by atoms with E-state index in [0.717, 1.165) is 12.8 Å². The molecule has 15 heavy (non-hydrogen) atoms. The molecule has 0 aliphatic carbocycles. The van der Waals surface area contributed by atoms with E-state index in [1.807, 2.05) is 20.8 Å². The summed E-state index contributed by atoms with van der Waals surface area (Å²) >= 11 is 0. The first-order valence-electron chi connectivity index (χ1n) is 5.66. The molecule has 0 bridgehead atoms. The van der Waals surface area contributed by atoms with E-state index in [1.54, 1.807) is 0 Å². The Morgan fingerprint density at radius 3 is 2.13 bits per heavy atom. The van der Waals surface area contributed by atoms with Gasteiger partial charge in [-0.2, -0.15) is 0 Å².